The van der Waals surface area contributed by atoms with E-state index in [9.17, 15) is 5.11 Å². The van der Waals surface area contributed by atoms with Gasteiger partial charge in [-0.05, 0) is 60.4 Å². The topological polar surface area (TPSA) is 40.5 Å². The summed E-state index contributed by atoms with van der Waals surface area (Å²) >= 11 is 0. The molecule has 0 aliphatic carbocycles. The van der Waals surface area contributed by atoms with Crippen LogP contribution in [0.5, 0.6) is 11.5 Å². The summed E-state index contributed by atoms with van der Waals surface area (Å²) in [5.41, 5.74) is 4.66. The van der Waals surface area contributed by atoms with Crippen molar-refractivity contribution in [3.8, 4) is 11.5 Å². The van der Waals surface area contributed by atoms with Gasteiger partial charge in [0.1, 0.15) is 11.5 Å². The van der Waals surface area contributed by atoms with Crippen LogP contribution >= 0.6 is 0 Å². The Morgan fingerprint density at radius 3 is 1.56 bits per heavy atom. The van der Waals surface area contributed by atoms with Gasteiger partial charge >= 0.3 is 0 Å². The third kappa shape index (κ3) is 5.12. The van der Waals surface area contributed by atoms with Crippen LogP contribution in [0.4, 0.5) is 0 Å². The van der Waals surface area contributed by atoms with Gasteiger partial charge < -0.3 is 10.2 Å². The van der Waals surface area contributed by atoms with Crippen molar-refractivity contribution in [1.29, 1.82) is 0 Å². The van der Waals surface area contributed by atoms with Crippen LogP contribution in [0.3, 0.4) is 0 Å². The highest BCUT2D eigenvalue weighted by Crippen LogP contribution is 2.31. The first-order valence-corrected chi connectivity index (χ1v) is 8.41. The molecule has 0 heterocycles. The normalized spacial score (nSPS) is 10.7. The summed E-state index contributed by atoms with van der Waals surface area (Å²) in [6, 6.07) is 23.3. The van der Waals surface area contributed by atoms with E-state index in [2.05, 4.69) is 38.1 Å². The lowest BCUT2D eigenvalue weighted by molar-refractivity contribution is 0.474. The van der Waals surface area contributed by atoms with Crippen LogP contribution in [0, 0.1) is 13.8 Å². The number of benzene rings is 3. The summed E-state index contributed by atoms with van der Waals surface area (Å²) < 4.78 is 0. The number of phenols is 2. The lowest BCUT2D eigenvalue weighted by Crippen LogP contribution is -2.18. The molecule has 0 radical (unpaired) electrons. The molecule has 3 aromatic rings. The summed E-state index contributed by atoms with van der Waals surface area (Å²) in [4.78, 5) is 0. The molecule has 0 saturated heterocycles. The standard InChI is InChI=1S/C15H16O.C8H10O/c1-15(2,12-6-4-3-5-7-12)13-8-10-14(16)11-9-13;1-6-3-7(2)5-8(9)4-6/h3-11,16H,1-2H3;3-5,9H,1-2H3. The van der Waals surface area contributed by atoms with Gasteiger partial charge in [0.2, 0.25) is 0 Å². The van der Waals surface area contributed by atoms with E-state index >= 15 is 0 Å². The van der Waals surface area contributed by atoms with Crippen molar-refractivity contribution in [1.82, 2.24) is 0 Å². The molecular formula is C23H26O2. The van der Waals surface area contributed by atoms with E-state index in [1.54, 1.807) is 24.3 Å². The van der Waals surface area contributed by atoms with Crippen molar-refractivity contribution in [2.75, 3.05) is 0 Å². The van der Waals surface area contributed by atoms with Gasteiger partial charge in [-0.1, -0.05) is 62.4 Å². The predicted molar refractivity (Wildman–Crippen MR) is 104 cm³/mol. The summed E-state index contributed by atoms with van der Waals surface area (Å²) in [7, 11) is 0. The molecule has 0 bridgehead atoms. The average molecular weight is 334 g/mol. The van der Waals surface area contributed by atoms with Crippen molar-refractivity contribution in [3.05, 3.63) is 95.1 Å². The Morgan fingerprint density at radius 2 is 1.08 bits per heavy atom. The third-order valence-electron chi connectivity index (χ3n) is 4.29. The van der Waals surface area contributed by atoms with Crippen LogP contribution in [0.15, 0.2) is 72.8 Å². The molecule has 0 spiro atoms. The Morgan fingerprint density at radius 1 is 0.600 bits per heavy atom. The number of hydrogen-bond donors (Lipinski definition) is 2. The second-order valence-corrected chi connectivity index (χ2v) is 6.88. The van der Waals surface area contributed by atoms with E-state index in [0.717, 1.165) is 11.1 Å². The van der Waals surface area contributed by atoms with E-state index in [1.807, 2.05) is 38.1 Å². The van der Waals surface area contributed by atoms with Crippen LogP contribution in [-0.2, 0) is 5.41 Å². The smallest absolute Gasteiger partial charge is 0.116 e. The molecule has 2 nitrogen and oxygen atoms in total. The van der Waals surface area contributed by atoms with Crippen molar-refractivity contribution < 1.29 is 10.2 Å². The maximum Gasteiger partial charge on any atom is 0.116 e. The van der Waals surface area contributed by atoms with Gasteiger partial charge in [-0.3, -0.25) is 0 Å². The summed E-state index contributed by atoms with van der Waals surface area (Å²) in [6.07, 6.45) is 0. The highest BCUT2D eigenvalue weighted by Gasteiger charge is 2.22. The zero-order valence-corrected chi connectivity index (χ0v) is 15.3. The fourth-order valence-corrected chi connectivity index (χ4v) is 2.85. The van der Waals surface area contributed by atoms with Crippen LogP contribution in [-0.4, -0.2) is 10.2 Å². The minimum Gasteiger partial charge on any atom is -0.508 e. The molecule has 0 atom stereocenters. The molecular weight excluding hydrogens is 308 g/mol. The summed E-state index contributed by atoms with van der Waals surface area (Å²) in [5.74, 6) is 0.667. The maximum atomic E-state index is 9.29. The zero-order valence-electron chi connectivity index (χ0n) is 15.3. The van der Waals surface area contributed by atoms with E-state index in [4.69, 9.17) is 5.11 Å². The first-order chi connectivity index (χ1) is 11.8. The number of aryl methyl sites for hydroxylation is 2. The SMILES string of the molecule is CC(C)(c1ccccc1)c1ccc(O)cc1.Cc1cc(C)cc(O)c1. The van der Waals surface area contributed by atoms with Crippen LogP contribution in [0.25, 0.3) is 0 Å². The Kier molecular flexibility index (Phi) is 5.87. The minimum absolute atomic E-state index is 0.0328. The molecule has 0 saturated carbocycles. The largest absolute Gasteiger partial charge is 0.508 e. The van der Waals surface area contributed by atoms with E-state index in [0.29, 0.717) is 11.5 Å². The maximum absolute atomic E-state index is 9.29. The summed E-state index contributed by atoms with van der Waals surface area (Å²) in [6.45, 7) is 8.31. The lowest BCUT2D eigenvalue weighted by Gasteiger charge is -2.26. The monoisotopic (exact) mass is 334 g/mol. The Hall–Kier alpha value is -2.74. The Labute approximate surface area is 150 Å². The molecule has 0 amide bonds. The van der Waals surface area contributed by atoms with Gasteiger partial charge in [0, 0.05) is 5.41 Å². The summed E-state index contributed by atoms with van der Waals surface area (Å²) in [5, 5.41) is 18.3. The molecule has 3 rings (SSSR count). The molecule has 0 aliphatic heterocycles. The van der Waals surface area contributed by atoms with Crippen molar-refractivity contribution in [2.45, 2.75) is 33.1 Å². The Balaban J connectivity index is 0.000000212. The highest BCUT2D eigenvalue weighted by atomic mass is 16.3. The molecule has 2 heteroatoms. The molecule has 0 fully saturated rings. The quantitative estimate of drug-likeness (QED) is 0.628. The van der Waals surface area contributed by atoms with Crippen molar-refractivity contribution in [3.63, 3.8) is 0 Å². The van der Waals surface area contributed by atoms with Gasteiger partial charge in [0.15, 0.2) is 0 Å². The van der Waals surface area contributed by atoms with Crippen LogP contribution < -0.4 is 0 Å². The predicted octanol–water partition coefficient (Wildman–Crippen LogP) is 5.73. The van der Waals surface area contributed by atoms with Gasteiger partial charge in [-0.25, -0.2) is 0 Å². The third-order valence-corrected chi connectivity index (χ3v) is 4.29. The fourth-order valence-electron chi connectivity index (χ4n) is 2.85. The fraction of sp³-hybridized carbons (Fsp3) is 0.217. The number of hydrogen-bond acceptors (Lipinski definition) is 2. The molecule has 0 aliphatic rings. The van der Waals surface area contributed by atoms with Crippen LogP contribution in [0.1, 0.15) is 36.1 Å². The molecule has 0 unspecified atom stereocenters. The molecule has 2 N–H and O–H groups in total. The van der Waals surface area contributed by atoms with E-state index in [1.165, 1.54) is 11.1 Å². The number of phenolic OH excluding ortho intramolecular Hbond substituents is 2. The first kappa shape index (κ1) is 18.6. The number of aromatic hydroxyl groups is 2. The van der Waals surface area contributed by atoms with Gasteiger partial charge in [-0.2, -0.15) is 0 Å². The average Bonchev–Trinajstić information content (AvgIpc) is 2.55. The lowest BCUT2D eigenvalue weighted by atomic mass is 9.78. The first-order valence-electron chi connectivity index (χ1n) is 8.41. The molecule has 130 valence electrons. The number of rotatable bonds is 2. The minimum atomic E-state index is -0.0328. The second kappa shape index (κ2) is 7.89. The van der Waals surface area contributed by atoms with Gasteiger partial charge in [-0.15, -0.1) is 0 Å². The van der Waals surface area contributed by atoms with Crippen molar-refractivity contribution >= 4 is 0 Å². The molecule has 25 heavy (non-hydrogen) atoms. The van der Waals surface area contributed by atoms with Crippen molar-refractivity contribution in [2.24, 2.45) is 0 Å². The van der Waals surface area contributed by atoms with E-state index in [-0.39, 0.29) is 5.41 Å². The Bertz CT molecular complexity index is 753. The molecule has 0 aromatic heterocycles. The molecule has 3 aromatic carbocycles. The second-order valence-electron chi connectivity index (χ2n) is 6.88. The highest BCUT2D eigenvalue weighted by molar-refractivity contribution is 5.39. The van der Waals surface area contributed by atoms with Crippen LogP contribution in [0.2, 0.25) is 0 Å². The zero-order chi connectivity index (χ0) is 18.4. The van der Waals surface area contributed by atoms with Gasteiger partial charge in [0.05, 0.1) is 0 Å². The van der Waals surface area contributed by atoms with Gasteiger partial charge in [0.25, 0.3) is 0 Å². The van der Waals surface area contributed by atoms with E-state index < -0.39 is 0 Å².